The van der Waals surface area contributed by atoms with Crippen LogP contribution in [0, 0.1) is 0 Å². The molecule has 0 radical (unpaired) electrons. The third-order valence-corrected chi connectivity index (χ3v) is 2.80. The summed E-state index contributed by atoms with van der Waals surface area (Å²) in [4.78, 5) is 0. The molecular weight excluding hydrogens is 230 g/mol. The average Bonchev–Trinajstić information content (AvgIpc) is 2.39. The molecule has 4 heteroatoms. The largest absolute Gasteiger partial charge is 0.379 e. The van der Waals surface area contributed by atoms with Crippen LogP contribution in [-0.2, 0) is 14.2 Å². The molecule has 0 amide bonds. The lowest BCUT2D eigenvalue weighted by Crippen LogP contribution is -2.21. The molecule has 0 aromatic heterocycles. The summed E-state index contributed by atoms with van der Waals surface area (Å²) in [6.07, 6.45) is 4.57. The first-order valence-electron chi connectivity index (χ1n) is 7.21. The first-order chi connectivity index (χ1) is 8.81. The molecule has 0 aromatic carbocycles. The maximum absolute atomic E-state index is 5.48. The van der Waals surface area contributed by atoms with E-state index in [2.05, 4.69) is 19.2 Å². The van der Waals surface area contributed by atoms with Crippen LogP contribution in [0.2, 0.25) is 0 Å². The van der Waals surface area contributed by atoms with Crippen LogP contribution in [0.3, 0.4) is 0 Å². The lowest BCUT2D eigenvalue weighted by Gasteiger charge is -2.10. The number of hydrogen-bond donors (Lipinski definition) is 1. The Kier molecular flexibility index (Phi) is 14.8. The standard InChI is InChI=1S/C14H31NO3/c1-4-5-8-16-10-12-18-13-11-17-9-6-7-14(2)15-3/h14-15H,4-13H2,1-3H3. The predicted octanol–water partition coefficient (Wildman–Crippen LogP) is 2.22. The third-order valence-electron chi connectivity index (χ3n) is 2.80. The van der Waals surface area contributed by atoms with Crippen LogP contribution in [0.5, 0.6) is 0 Å². The molecule has 0 aliphatic rings. The molecular formula is C14H31NO3. The summed E-state index contributed by atoms with van der Waals surface area (Å²) >= 11 is 0. The van der Waals surface area contributed by atoms with E-state index >= 15 is 0 Å². The van der Waals surface area contributed by atoms with Crippen LogP contribution in [-0.4, -0.2) is 52.7 Å². The molecule has 0 rings (SSSR count). The van der Waals surface area contributed by atoms with Gasteiger partial charge < -0.3 is 19.5 Å². The monoisotopic (exact) mass is 261 g/mol. The highest BCUT2D eigenvalue weighted by Gasteiger charge is 1.97. The number of ether oxygens (including phenoxy) is 3. The summed E-state index contributed by atoms with van der Waals surface area (Å²) in [5.41, 5.74) is 0. The van der Waals surface area contributed by atoms with Gasteiger partial charge >= 0.3 is 0 Å². The van der Waals surface area contributed by atoms with Crippen molar-refractivity contribution in [3.05, 3.63) is 0 Å². The lowest BCUT2D eigenvalue weighted by atomic mass is 10.2. The fraction of sp³-hybridized carbons (Fsp3) is 1.00. The molecule has 0 saturated carbocycles. The van der Waals surface area contributed by atoms with E-state index in [1.54, 1.807) is 0 Å². The number of rotatable bonds is 14. The van der Waals surface area contributed by atoms with Gasteiger partial charge in [0.15, 0.2) is 0 Å². The van der Waals surface area contributed by atoms with Crippen molar-refractivity contribution in [1.29, 1.82) is 0 Å². The van der Waals surface area contributed by atoms with Gasteiger partial charge in [-0.1, -0.05) is 13.3 Å². The van der Waals surface area contributed by atoms with E-state index < -0.39 is 0 Å². The van der Waals surface area contributed by atoms with Crippen LogP contribution in [0.25, 0.3) is 0 Å². The van der Waals surface area contributed by atoms with E-state index in [1.165, 1.54) is 6.42 Å². The second-order valence-corrected chi connectivity index (χ2v) is 4.52. The normalized spacial score (nSPS) is 12.8. The van der Waals surface area contributed by atoms with Crippen LogP contribution in [0.4, 0.5) is 0 Å². The summed E-state index contributed by atoms with van der Waals surface area (Å²) in [6, 6.07) is 0.574. The smallest absolute Gasteiger partial charge is 0.0701 e. The topological polar surface area (TPSA) is 39.7 Å². The van der Waals surface area contributed by atoms with E-state index in [0.29, 0.717) is 32.5 Å². The Morgan fingerprint density at radius 2 is 1.33 bits per heavy atom. The molecule has 4 nitrogen and oxygen atoms in total. The van der Waals surface area contributed by atoms with E-state index in [9.17, 15) is 0 Å². The highest BCUT2D eigenvalue weighted by molar-refractivity contribution is 4.55. The Morgan fingerprint density at radius 1 is 0.833 bits per heavy atom. The van der Waals surface area contributed by atoms with Crippen molar-refractivity contribution in [1.82, 2.24) is 5.32 Å². The van der Waals surface area contributed by atoms with Crippen molar-refractivity contribution < 1.29 is 14.2 Å². The molecule has 1 unspecified atom stereocenters. The van der Waals surface area contributed by atoms with E-state index in [1.807, 2.05) is 7.05 Å². The molecule has 110 valence electrons. The molecule has 0 fully saturated rings. The molecule has 1 atom stereocenters. The maximum atomic E-state index is 5.48. The molecule has 0 aliphatic heterocycles. The van der Waals surface area contributed by atoms with Gasteiger partial charge in [-0.2, -0.15) is 0 Å². The number of unbranched alkanes of at least 4 members (excludes halogenated alkanes) is 1. The molecule has 0 saturated heterocycles. The van der Waals surface area contributed by atoms with Gasteiger partial charge in [-0.3, -0.25) is 0 Å². The van der Waals surface area contributed by atoms with Crippen molar-refractivity contribution in [2.75, 3.05) is 46.7 Å². The zero-order chi connectivity index (χ0) is 13.5. The summed E-state index contributed by atoms with van der Waals surface area (Å²) in [6.45, 7) is 8.73. The summed E-state index contributed by atoms with van der Waals surface area (Å²) in [7, 11) is 1.99. The first kappa shape index (κ1) is 17.8. The molecule has 0 spiro atoms. The zero-order valence-electron chi connectivity index (χ0n) is 12.4. The fourth-order valence-corrected chi connectivity index (χ4v) is 1.42. The van der Waals surface area contributed by atoms with Gasteiger partial charge in [0.1, 0.15) is 0 Å². The van der Waals surface area contributed by atoms with E-state index in [4.69, 9.17) is 14.2 Å². The minimum absolute atomic E-state index is 0.574. The Balaban J connectivity index is 2.94. The maximum Gasteiger partial charge on any atom is 0.0701 e. The van der Waals surface area contributed by atoms with Gasteiger partial charge in [0.25, 0.3) is 0 Å². The third kappa shape index (κ3) is 13.9. The predicted molar refractivity (Wildman–Crippen MR) is 75.1 cm³/mol. The van der Waals surface area contributed by atoms with Crippen molar-refractivity contribution in [2.24, 2.45) is 0 Å². The molecule has 0 heterocycles. The second kappa shape index (κ2) is 14.9. The van der Waals surface area contributed by atoms with E-state index in [-0.39, 0.29) is 0 Å². The average molecular weight is 261 g/mol. The minimum Gasteiger partial charge on any atom is -0.379 e. The number of nitrogens with one attached hydrogen (secondary N) is 1. The Labute approximate surface area is 112 Å². The van der Waals surface area contributed by atoms with Crippen molar-refractivity contribution in [3.63, 3.8) is 0 Å². The van der Waals surface area contributed by atoms with Crippen LogP contribution in [0.1, 0.15) is 39.5 Å². The summed E-state index contributed by atoms with van der Waals surface area (Å²) in [5, 5.41) is 3.21. The van der Waals surface area contributed by atoms with Crippen LogP contribution in [0.15, 0.2) is 0 Å². The van der Waals surface area contributed by atoms with Gasteiger partial charge in [0, 0.05) is 19.3 Å². The summed E-state index contributed by atoms with van der Waals surface area (Å²) < 4.78 is 16.3. The van der Waals surface area contributed by atoms with Crippen molar-refractivity contribution in [2.45, 2.75) is 45.6 Å². The molecule has 18 heavy (non-hydrogen) atoms. The fourth-order valence-electron chi connectivity index (χ4n) is 1.42. The number of hydrogen-bond acceptors (Lipinski definition) is 4. The van der Waals surface area contributed by atoms with Crippen LogP contribution < -0.4 is 5.32 Å². The van der Waals surface area contributed by atoms with Gasteiger partial charge in [-0.05, 0) is 33.2 Å². The van der Waals surface area contributed by atoms with Gasteiger partial charge in [-0.25, -0.2) is 0 Å². The SMILES string of the molecule is CCCCOCCOCCOCCCC(C)NC. The molecule has 0 aliphatic carbocycles. The molecule has 1 N–H and O–H groups in total. The van der Waals surface area contributed by atoms with Crippen LogP contribution >= 0.6 is 0 Å². The molecule has 0 aromatic rings. The quantitative estimate of drug-likeness (QED) is 0.487. The van der Waals surface area contributed by atoms with Crippen molar-refractivity contribution in [3.8, 4) is 0 Å². The van der Waals surface area contributed by atoms with Gasteiger partial charge in [-0.15, -0.1) is 0 Å². The van der Waals surface area contributed by atoms with Gasteiger partial charge in [0.05, 0.1) is 26.4 Å². The zero-order valence-corrected chi connectivity index (χ0v) is 12.4. The minimum atomic E-state index is 0.574. The summed E-state index contributed by atoms with van der Waals surface area (Å²) in [5.74, 6) is 0. The Bertz CT molecular complexity index is 156. The second-order valence-electron chi connectivity index (χ2n) is 4.52. The highest BCUT2D eigenvalue weighted by atomic mass is 16.5. The van der Waals surface area contributed by atoms with E-state index in [0.717, 1.165) is 32.5 Å². The Morgan fingerprint density at radius 3 is 1.83 bits per heavy atom. The van der Waals surface area contributed by atoms with Crippen molar-refractivity contribution >= 4 is 0 Å². The molecule has 0 bridgehead atoms. The highest BCUT2D eigenvalue weighted by Crippen LogP contribution is 1.95. The Hall–Kier alpha value is -0.160. The lowest BCUT2D eigenvalue weighted by molar-refractivity contribution is 0.0133. The first-order valence-corrected chi connectivity index (χ1v) is 7.21. The van der Waals surface area contributed by atoms with Gasteiger partial charge in [0.2, 0.25) is 0 Å².